The van der Waals surface area contributed by atoms with Crippen LogP contribution in [0.1, 0.15) is 0 Å². The van der Waals surface area contributed by atoms with Crippen LogP contribution >= 0.6 is 11.8 Å². The van der Waals surface area contributed by atoms with Gasteiger partial charge in [0.1, 0.15) is 6.54 Å². The van der Waals surface area contributed by atoms with Crippen molar-refractivity contribution in [3.8, 4) is 0 Å². The number of rotatable bonds is 6. The maximum absolute atomic E-state index is 12.7. The van der Waals surface area contributed by atoms with Crippen LogP contribution in [-0.4, -0.2) is 55.6 Å². The summed E-state index contributed by atoms with van der Waals surface area (Å²) in [5.74, 6) is -0.670. The number of carbonyl (C=O) groups is 3. The van der Waals surface area contributed by atoms with Crippen molar-refractivity contribution in [2.24, 2.45) is 0 Å². The van der Waals surface area contributed by atoms with E-state index in [-0.39, 0.29) is 37.4 Å². The molecule has 0 aromatic heterocycles. The van der Waals surface area contributed by atoms with Gasteiger partial charge in [-0.25, -0.2) is 0 Å². The lowest BCUT2D eigenvalue weighted by atomic mass is 10.2. The average Bonchev–Trinajstić information content (AvgIpc) is 2.67. The maximum atomic E-state index is 12.7. The fraction of sp³-hybridized carbons (Fsp3) is 0.250. The standard InChI is InChI=1S/C20H22N4O3S/c1-23(11-18(25)22-15-8-4-6-10-17(15)28-2)13-20(27)24-12-19(26)21-14-7-3-5-9-16(14)24/h3-10H,11-13H2,1-2H3,(H,21,26)(H,22,25). The van der Waals surface area contributed by atoms with Gasteiger partial charge in [0.25, 0.3) is 0 Å². The number of likely N-dealkylation sites (N-methyl/N-ethyl adjacent to an activating group) is 1. The molecule has 1 aliphatic heterocycles. The van der Waals surface area contributed by atoms with Crippen molar-refractivity contribution >= 4 is 46.5 Å². The first kappa shape index (κ1) is 19.9. The van der Waals surface area contributed by atoms with E-state index in [0.717, 1.165) is 10.6 Å². The predicted molar refractivity (Wildman–Crippen MR) is 112 cm³/mol. The van der Waals surface area contributed by atoms with Gasteiger partial charge in [-0.3, -0.25) is 24.2 Å². The van der Waals surface area contributed by atoms with Crippen molar-refractivity contribution in [2.45, 2.75) is 4.90 Å². The van der Waals surface area contributed by atoms with Gasteiger partial charge in [-0.15, -0.1) is 11.8 Å². The Balaban J connectivity index is 1.60. The van der Waals surface area contributed by atoms with Crippen LogP contribution in [-0.2, 0) is 14.4 Å². The van der Waals surface area contributed by atoms with Crippen LogP contribution in [0, 0.1) is 0 Å². The summed E-state index contributed by atoms with van der Waals surface area (Å²) in [6, 6.07) is 14.7. The minimum Gasteiger partial charge on any atom is -0.324 e. The zero-order valence-corrected chi connectivity index (χ0v) is 16.6. The predicted octanol–water partition coefficient (Wildman–Crippen LogP) is 2.26. The molecule has 0 atom stereocenters. The number of benzene rings is 2. The van der Waals surface area contributed by atoms with Crippen LogP contribution in [0.15, 0.2) is 53.4 Å². The molecule has 0 radical (unpaired) electrons. The van der Waals surface area contributed by atoms with Gasteiger partial charge in [0.2, 0.25) is 17.7 Å². The molecule has 0 saturated heterocycles. The zero-order valence-electron chi connectivity index (χ0n) is 15.8. The van der Waals surface area contributed by atoms with E-state index in [1.54, 1.807) is 41.9 Å². The first-order valence-corrected chi connectivity index (χ1v) is 10.0. The summed E-state index contributed by atoms with van der Waals surface area (Å²) in [6.45, 7) is 0.0618. The molecule has 1 aliphatic rings. The normalized spacial score (nSPS) is 13.1. The smallest absolute Gasteiger partial charge is 0.244 e. The molecule has 0 fully saturated rings. The molecule has 0 aliphatic carbocycles. The lowest BCUT2D eigenvalue weighted by Gasteiger charge is -2.30. The summed E-state index contributed by atoms with van der Waals surface area (Å²) in [6.07, 6.45) is 1.95. The molecule has 2 N–H and O–H groups in total. The maximum Gasteiger partial charge on any atom is 0.244 e. The number of anilines is 3. The second kappa shape index (κ2) is 8.90. The first-order valence-electron chi connectivity index (χ1n) is 8.78. The number of amides is 3. The molecule has 7 nitrogen and oxygen atoms in total. The van der Waals surface area contributed by atoms with Gasteiger partial charge >= 0.3 is 0 Å². The monoisotopic (exact) mass is 398 g/mol. The number of nitrogens with one attached hydrogen (secondary N) is 2. The van der Waals surface area contributed by atoms with Gasteiger partial charge in [0.05, 0.1) is 30.2 Å². The molecular weight excluding hydrogens is 376 g/mol. The second-order valence-electron chi connectivity index (χ2n) is 6.47. The summed E-state index contributed by atoms with van der Waals surface area (Å²) in [5, 5.41) is 5.63. The van der Waals surface area contributed by atoms with E-state index >= 15 is 0 Å². The van der Waals surface area contributed by atoms with Crippen molar-refractivity contribution < 1.29 is 14.4 Å². The Morgan fingerprint density at radius 3 is 2.64 bits per heavy atom. The molecule has 2 aromatic rings. The van der Waals surface area contributed by atoms with Crippen molar-refractivity contribution in [3.63, 3.8) is 0 Å². The van der Waals surface area contributed by atoms with E-state index < -0.39 is 0 Å². The number of thioether (sulfide) groups is 1. The van der Waals surface area contributed by atoms with E-state index in [9.17, 15) is 14.4 Å². The first-order chi connectivity index (χ1) is 13.5. The number of hydrogen-bond acceptors (Lipinski definition) is 5. The lowest BCUT2D eigenvalue weighted by Crippen LogP contribution is -2.47. The SMILES string of the molecule is CSc1ccccc1NC(=O)CN(C)CC(=O)N1CC(=O)Nc2ccccc21. The second-order valence-corrected chi connectivity index (χ2v) is 7.31. The molecule has 0 spiro atoms. The highest BCUT2D eigenvalue weighted by Gasteiger charge is 2.27. The van der Waals surface area contributed by atoms with Crippen LogP contribution in [0.3, 0.4) is 0 Å². The fourth-order valence-corrected chi connectivity index (χ4v) is 3.56. The largest absolute Gasteiger partial charge is 0.324 e. The van der Waals surface area contributed by atoms with E-state index in [0.29, 0.717) is 11.4 Å². The Morgan fingerprint density at radius 1 is 1.14 bits per heavy atom. The Morgan fingerprint density at radius 2 is 1.86 bits per heavy atom. The van der Waals surface area contributed by atoms with Crippen molar-refractivity contribution in [2.75, 3.05) is 48.5 Å². The highest BCUT2D eigenvalue weighted by Crippen LogP contribution is 2.29. The van der Waals surface area contributed by atoms with Crippen molar-refractivity contribution in [1.82, 2.24) is 4.90 Å². The molecule has 2 aromatic carbocycles. The van der Waals surface area contributed by atoms with Gasteiger partial charge < -0.3 is 10.6 Å². The van der Waals surface area contributed by atoms with E-state index in [1.807, 2.05) is 36.6 Å². The summed E-state index contributed by atoms with van der Waals surface area (Å²) in [5.41, 5.74) is 2.03. The third kappa shape index (κ3) is 4.71. The molecule has 28 heavy (non-hydrogen) atoms. The van der Waals surface area contributed by atoms with Gasteiger partial charge in [0.15, 0.2) is 0 Å². The van der Waals surface area contributed by atoms with Gasteiger partial charge in [-0.1, -0.05) is 24.3 Å². The summed E-state index contributed by atoms with van der Waals surface area (Å²) in [4.78, 5) is 41.0. The molecule has 3 rings (SSSR count). The molecule has 0 unspecified atom stereocenters. The number of hydrogen-bond donors (Lipinski definition) is 2. The highest BCUT2D eigenvalue weighted by atomic mass is 32.2. The van der Waals surface area contributed by atoms with Gasteiger partial charge in [-0.05, 0) is 37.6 Å². The van der Waals surface area contributed by atoms with E-state index in [1.165, 1.54) is 4.90 Å². The summed E-state index contributed by atoms with van der Waals surface area (Å²) < 4.78 is 0. The highest BCUT2D eigenvalue weighted by molar-refractivity contribution is 7.98. The fourth-order valence-electron chi connectivity index (χ4n) is 3.01. The molecule has 3 amide bonds. The average molecular weight is 398 g/mol. The third-order valence-corrected chi connectivity index (χ3v) is 5.07. The number of fused-ring (bicyclic) bond motifs is 1. The van der Waals surface area contributed by atoms with Crippen LogP contribution in [0.5, 0.6) is 0 Å². The minimum absolute atomic E-state index is 0.0270. The molecule has 8 heteroatoms. The van der Waals surface area contributed by atoms with Crippen LogP contribution in [0.4, 0.5) is 17.1 Å². The summed E-state index contributed by atoms with van der Waals surface area (Å²) in [7, 11) is 1.70. The van der Waals surface area contributed by atoms with Crippen LogP contribution in [0.2, 0.25) is 0 Å². The van der Waals surface area contributed by atoms with E-state index in [4.69, 9.17) is 0 Å². The Hall–Kier alpha value is -2.84. The molecular formula is C20H22N4O3S. The molecule has 146 valence electrons. The van der Waals surface area contributed by atoms with Gasteiger partial charge in [0, 0.05) is 4.90 Å². The molecule has 0 bridgehead atoms. The number of carbonyl (C=O) groups excluding carboxylic acids is 3. The third-order valence-electron chi connectivity index (χ3n) is 4.27. The quantitative estimate of drug-likeness (QED) is 0.730. The minimum atomic E-state index is -0.235. The zero-order chi connectivity index (χ0) is 20.1. The summed E-state index contributed by atoms with van der Waals surface area (Å²) >= 11 is 1.55. The van der Waals surface area contributed by atoms with E-state index in [2.05, 4.69) is 10.6 Å². The topological polar surface area (TPSA) is 81.8 Å². The van der Waals surface area contributed by atoms with Crippen LogP contribution in [0.25, 0.3) is 0 Å². The molecule has 0 saturated carbocycles. The number of para-hydroxylation sites is 3. The Bertz CT molecular complexity index is 903. The lowest BCUT2D eigenvalue weighted by molar-refractivity contribution is -0.123. The van der Waals surface area contributed by atoms with Crippen molar-refractivity contribution in [3.05, 3.63) is 48.5 Å². The van der Waals surface area contributed by atoms with Crippen LogP contribution < -0.4 is 15.5 Å². The molecule has 1 heterocycles. The Kier molecular flexibility index (Phi) is 6.33. The number of nitrogens with zero attached hydrogens (tertiary/aromatic N) is 2. The Labute approximate surface area is 168 Å². The van der Waals surface area contributed by atoms with Crippen molar-refractivity contribution in [1.29, 1.82) is 0 Å². The van der Waals surface area contributed by atoms with Gasteiger partial charge in [-0.2, -0.15) is 0 Å².